The summed E-state index contributed by atoms with van der Waals surface area (Å²) in [6, 6.07) is 0. The lowest BCUT2D eigenvalue weighted by atomic mass is 9.80. The lowest BCUT2D eigenvalue weighted by Crippen LogP contribution is -2.30. The van der Waals surface area contributed by atoms with Gasteiger partial charge in [-0.3, -0.25) is 9.59 Å². The van der Waals surface area contributed by atoms with Crippen molar-refractivity contribution in [2.24, 2.45) is 11.8 Å². The van der Waals surface area contributed by atoms with Gasteiger partial charge in [0, 0.05) is 12.8 Å². The number of ketones is 1. The highest BCUT2D eigenvalue weighted by Gasteiger charge is 2.32. The van der Waals surface area contributed by atoms with Crippen LogP contribution in [0, 0.1) is 11.8 Å². The van der Waals surface area contributed by atoms with Crippen LogP contribution in [0.5, 0.6) is 0 Å². The Morgan fingerprint density at radius 1 is 1.62 bits per heavy atom. The van der Waals surface area contributed by atoms with E-state index < -0.39 is 0 Å². The highest BCUT2D eigenvalue weighted by Crippen LogP contribution is 2.28. The summed E-state index contributed by atoms with van der Waals surface area (Å²) in [4.78, 5) is 22.4. The molecule has 1 rings (SSSR count). The molecule has 3 heteroatoms. The SMILES string of the molecule is CCOC(=O)C1CCC(=O)C[C@@H]1C. The first-order chi connectivity index (χ1) is 6.15. The van der Waals surface area contributed by atoms with Gasteiger partial charge in [0.25, 0.3) is 0 Å². The van der Waals surface area contributed by atoms with Crippen LogP contribution in [0.1, 0.15) is 33.1 Å². The van der Waals surface area contributed by atoms with Gasteiger partial charge in [0.15, 0.2) is 0 Å². The van der Waals surface area contributed by atoms with E-state index in [4.69, 9.17) is 4.74 Å². The first-order valence-electron chi connectivity index (χ1n) is 4.83. The summed E-state index contributed by atoms with van der Waals surface area (Å²) in [5.74, 6) is 0.230. The molecular formula is C10H16O3. The fourth-order valence-electron chi connectivity index (χ4n) is 1.80. The summed E-state index contributed by atoms with van der Waals surface area (Å²) in [6.45, 7) is 4.17. The van der Waals surface area contributed by atoms with Crippen molar-refractivity contribution in [3.63, 3.8) is 0 Å². The maximum Gasteiger partial charge on any atom is 0.309 e. The molecule has 3 nitrogen and oxygen atoms in total. The van der Waals surface area contributed by atoms with Crippen molar-refractivity contribution in [2.75, 3.05) is 6.61 Å². The quantitative estimate of drug-likeness (QED) is 0.611. The first kappa shape index (κ1) is 10.2. The number of rotatable bonds is 2. The maximum atomic E-state index is 11.4. The zero-order chi connectivity index (χ0) is 9.84. The molecule has 0 aromatic rings. The molecular weight excluding hydrogens is 168 g/mol. The number of hydrogen-bond donors (Lipinski definition) is 0. The van der Waals surface area contributed by atoms with Crippen molar-refractivity contribution in [1.82, 2.24) is 0 Å². The Morgan fingerprint density at radius 2 is 2.31 bits per heavy atom. The van der Waals surface area contributed by atoms with E-state index in [-0.39, 0.29) is 23.6 Å². The van der Waals surface area contributed by atoms with Crippen molar-refractivity contribution in [2.45, 2.75) is 33.1 Å². The number of esters is 1. The molecule has 1 unspecified atom stereocenters. The monoisotopic (exact) mass is 184 g/mol. The largest absolute Gasteiger partial charge is 0.466 e. The maximum absolute atomic E-state index is 11.4. The van der Waals surface area contributed by atoms with Gasteiger partial charge < -0.3 is 4.74 Å². The van der Waals surface area contributed by atoms with E-state index >= 15 is 0 Å². The molecule has 0 spiro atoms. The zero-order valence-electron chi connectivity index (χ0n) is 8.21. The van der Waals surface area contributed by atoms with Gasteiger partial charge in [-0.1, -0.05) is 6.92 Å². The third-order valence-electron chi connectivity index (χ3n) is 2.56. The highest BCUT2D eigenvalue weighted by atomic mass is 16.5. The van der Waals surface area contributed by atoms with Crippen molar-refractivity contribution in [3.8, 4) is 0 Å². The van der Waals surface area contributed by atoms with Gasteiger partial charge in [-0.25, -0.2) is 0 Å². The number of Topliss-reactive ketones (excluding diaryl/α,β-unsaturated/α-hetero) is 1. The van der Waals surface area contributed by atoms with Crippen LogP contribution in [-0.4, -0.2) is 18.4 Å². The molecule has 0 radical (unpaired) electrons. The molecule has 0 aromatic carbocycles. The Hall–Kier alpha value is -0.860. The molecule has 0 N–H and O–H groups in total. The Kier molecular flexibility index (Phi) is 3.46. The molecule has 0 amide bonds. The highest BCUT2D eigenvalue weighted by molar-refractivity contribution is 5.82. The Balaban J connectivity index is 2.50. The minimum atomic E-state index is -0.137. The topological polar surface area (TPSA) is 43.4 Å². The molecule has 0 aromatic heterocycles. The zero-order valence-corrected chi connectivity index (χ0v) is 8.21. The summed E-state index contributed by atoms with van der Waals surface area (Å²) < 4.78 is 4.94. The number of carbonyl (C=O) groups is 2. The smallest absolute Gasteiger partial charge is 0.309 e. The first-order valence-corrected chi connectivity index (χ1v) is 4.83. The van der Waals surface area contributed by atoms with Gasteiger partial charge in [0.1, 0.15) is 5.78 Å². The van der Waals surface area contributed by atoms with Crippen LogP contribution in [0.15, 0.2) is 0 Å². The fraction of sp³-hybridized carbons (Fsp3) is 0.800. The van der Waals surface area contributed by atoms with E-state index in [1.807, 2.05) is 6.92 Å². The number of carbonyl (C=O) groups excluding carboxylic acids is 2. The van der Waals surface area contributed by atoms with E-state index in [1.54, 1.807) is 6.92 Å². The normalized spacial score (nSPS) is 28.6. The van der Waals surface area contributed by atoms with Gasteiger partial charge >= 0.3 is 5.97 Å². The standard InChI is InChI=1S/C10H16O3/c1-3-13-10(12)9-5-4-8(11)6-7(9)2/h7,9H,3-6H2,1-2H3/t7-,9?/m0/s1. The minimum absolute atomic E-state index is 0.0577. The molecule has 0 aliphatic heterocycles. The molecule has 2 atom stereocenters. The average Bonchev–Trinajstić information content (AvgIpc) is 2.04. The average molecular weight is 184 g/mol. The fourth-order valence-corrected chi connectivity index (χ4v) is 1.80. The van der Waals surface area contributed by atoms with E-state index in [0.29, 0.717) is 25.9 Å². The van der Waals surface area contributed by atoms with E-state index in [9.17, 15) is 9.59 Å². The second-order valence-corrected chi connectivity index (χ2v) is 3.62. The van der Waals surface area contributed by atoms with Crippen molar-refractivity contribution in [1.29, 1.82) is 0 Å². The molecule has 1 aliphatic carbocycles. The number of hydrogen-bond acceptors (Lipinski definition) is 3. The van der Waals surface area contributed by atoms with Gasteiger partial charge in [0.2, 0.25) is 0 Å². The third kappa shape index (κ3) is 2.54. The molecule has 1 aliphatic rings. The molecule has 0 bridgehead atoms. The number of ether oxygens (including phenoxy) is 1. The van der Waals surface area contributed by atoms with Crippen LogP contribution in [-0.2, 0) is 14.3 Å². The molecule has 1 saturated carbocycles. The van der Waals surface area contributed by atoms with Crippen LogP contribution >= 0.6 is 0 Å². The molecule has 74 valence electrons. The van der Waals surface area contributed by atoms with Crippen molar-refractivity contribution >= 4 is 11.8 Å². The van der Waals surface area contributed by atoms with Gasteiger partial charge in [-0.2, -0.15) is 0 Å². The lowest BCUT2D eigenvalue weighted by molar-refractivity contribution is -0.151. The van der Waals surface area contributed by atoms with Gasteiger partial charge in [-0.15, -0.1) is 0 Å². The predicted molar refractivity (Wildman–Crippen MR) is 48.1 cm³/mol. The summed E-state index contributed by atoms with van der Waals surface area (Å²) in [5.41, 5.74) is 0. The summed E-state index contributed by atoms with van der Waals surface area (Å²) in [6.07, 6.45) is 1.73. The van der Waals surface area contributed by atoms with Crippen LogP contribution < -0.4 is 0 Å². The van der Waals surface area contributed by atoms with Crippen molar-refractivity contribution < 1.29 is 14.3 Å². The molecule has 0 heterocycles. The second kappa shape index (κ2) is 4.40. The van der Waals surface area contributed by atoms with Crippen LogP contribution in [0.2, 0.25) is 0 Å². The van der Waals surface area contributed by atoms with Crippen LogP contribution in [0.4, 0.5) is 0 Å². The summed E-state index contributed by atoms with van der Waals surface area (Å²) >= 11 is 0. The van der Waals surface area contributed by atoms with E-state index in [0.717, 1.165) is 0 Å². The molecule has 13 heavy (non-hydrogen) atoms. The van der Waals surface area contributed by atoms with Crippen LogP contribution in [0.25, 0.3) is 0 Å². The second-order valence-electron chi connectivity index (χ2n) is 3.62. The van der Waals surface area contributed by atoms with Crippen molar-refractivity contribution in [3.05, 3.63) is 0 Å². The minimum Gasteiger partial charge on any atom is -0.466 e. The predicted octanol–water partition coefficient (Wildman–Crippen LogP) is 1.55. The Labute approximate surface area is 78.5 Å². The Bertz CT molecular complexity index is 210. The third-order valence-corrected chi connectivity index (χ3v) is 2.56. The van der Waals surface area contributed by atoms with Crippen LogP contribution in [0.3, 0.4) is 0 Å². The summed E-state index contributed by atoms with van der Waals surface area (Å²) in [5, 5.41) is 0. The van der Waals surface area contributed by atoms with Gasteiger partial charge in [-0.05, 0) is 19.3 Å². The molecule has 0 saturated heterocycles. The summed E-state index contributed by atoms with van der Waals surface area (Å²) in [7, 11) is 0. The molecule has 1 fully saturated rings. The lowest BCUT2D eigenvalue weighted by Gasteiger charge is -2.25. The Morgan fingerprint density at radius 3 is 2.85 bits per heavy atom. The van der Waals surface area contributed by atoms with E-state index in [1.165, 1.54) is 0 Å². The van der Waals surface area contributed by atoms with E-state index in [2.05, 4.69) is 0 Å². The van der Waals surface area contributed by atoms with Gasteiger partial charge in [0.05, 0.1) is 12.5 Å².